The van der Waals surface area contributed by atoms with Crippen molar-refractivity contribution in [1.29, 1.82) is 0 Å². The third-order valence-electron chi connectivity index (χ3n) is 3.46. The topological polar surface area (TPSA) is 71.1 Å². The number of aryl methyl sites for hydroxylation is 1. The standard InChI is InChI=1S/C13H21N3O2S/c1-11-5-7-14-8-12(11)9-16-19(17,18)10-13-4-2-3-6-15-13/h5,7-8,13,15-16H,2-4,6,9-10H2,1H3. The highest BCUT2D eigenvalue weighted by Crippen LogP contribution is 2.09. The third kappa shape index (κ3) is 4.56. The van der Waals surface area contributed by atoms with Gasteiger partial charge in [0.25, 0.3) is 0 Å². The van der Waals surface area contributed by atoms with E-state index in [2.05, 4.69) is 15.0 Å². The van der Waals surface area contributed by atoms with E-state index in [1.165, 1.54) is 0 Å². The minimum Gasteiger partial charge on any atom is -0.313 e. The number of sulfonamides is 1. The minimum absolute atomic E-state index is 0.0845. The molecule has 1 unspecified atom stereocenters. The summed E-state index contributed by atoms with van der Waals surface area (Å²) in [6.07, 6.45) is 6.59. The minimum atomic E-state index is -3.24. The molecule has 106 valence electrons. The van der Waals surface area contributed by atoms with Crippen LogP contribution >= 0.6 is 0 Å². The summed E-state index contributed by atoms with van der Waals surface area (Å²) < 4.78 is 26.7. The maximum atomic E-state index is 12.0. The molecular weight excluding hydrogens is 262 g/mol. The van der Waals surface area contributed by atoms with Crippen LogP contribution in [0.4, 0.5) is 0 Å². The molecule has 6 heteroatoms. The zero-order valence-electron chi connectivity index (χ0n) is 11.2. The lowest BCUT2D eigenvalue weighted by atomic mass is 10.1. The molecule has 1 fully saturated rings. The van der Waals surface area contributed by atoms with Crippen LogP contribution in [0.3, 0.4) is 0 Å². The average Bonchev–Trinajstić information content (AvgIpc) is 2.38. The lowest BCUT2D eigenvalue weighted by Gasteiger charge is -2.23. The normalized spacial score (nSPS) is 20.4. The number of piperidine rings is 1. The fourth-order valence-electron chi connectivity index (χ4n) is 2.26. The van der Waals surface area contributed by atoms with E-state index in [1.54, 1.807) is 12.4 Å². The van der Waals surface area contributed by atoms with Gasteiger partial charge in [0.2, 0.25) is 10.0 Å². The first-order chi connectivity index (χ1) is 9.07. The molecule has 1 aliphatic heterocycles. The number of nitrogens with one attached hydrogen (secondary N) is 2. The molecule has 1 saturated heterocycles. The van der Waals surface area contributed by atoms with Crippen LogP contribution in [0.5, 0.6) is 0 Å². The largest absolute Gasteiger partial charge is 0.313 e. The molecule has 0 radical (unpaired) electrons. The van der Waals surface area contributed by atoms with Gasteiger partial charge in [-0.25, -0.2) is 13.1 Å². The zero-order chi connectivity index (χ0) is 13.7. The molecule has 2 rings (SSSR count). The molecule has 0 aromatic carbocycles. The summed E-state index contributed by atoms with van der Waals surface area (Å²) >= 11 is 0. The Morgan fingerprint density at radius 3 is 3.00 bits per heavy atom. The molecular formula is C13H21N3O2S. The Labute approximate surface area is 114 Å². The second kappa shape index (κ2) is 6.45. The molecule has 0 bridgehead atoms. The van der Waals surface area contributed by atoms with Crippen LogP contribution in [0.15, 0.2) is 18.5 Å². The van der Waals surface area contributed by atoms with Gasteiger partial charge < -0.3 is 5.32 Å². The summed E-state index contributed by atoms with van der Waals surface area (Å²) in [5, 5.41) is 3.25. The maximum absolute atomic E-state index is 12.0. The van der Waals surface area contributed by atoms with Gasteiger partial charge in [-0.3, -0.25) is 4.98 Å². The van der Waals surface area contributed by atoms with E-state index in [1.807, 2.05) is 13.0 Å². The molecule has 1 aromatic heterocycles. The van der Waals surface area contributed by atoms with Crippen molar-refractivity contribution >= 4 is 10.0 Å². The lowest BCUT2D eigenvalue weighted by molar-refractivity contribution is 0.422. The van der Waals surface area contributed by atoms with Crippen LogP contribution in [0.1, 0.15) is 30.4 Å². The molecule has 0 aliphatic carbocycles. The third-order valence-corrected chi connectivity index (χ3v) is 4.89. The smallest absolute Gasteiger partial charge is 0.213 e. The maximum Gasteiger partial charge on any atom is 0.213 e. The number of hydrogen-bond acceptors (Lipinski definition) is 4. The van der Waals surface area contributed by atoms with Crippen LogP contribution in [-0.4, -0.2) is 31.7 Å². The molecule has 1 atom stereocenters. The van der Waals surface area contributed by atoms with Gasteiger partial charge in [-0.1, -0.05) is 6.42 Å². The van der Waals surface area contributed by atoms with Gasteiger partial charge >= 0.3 is 0 Å². The van der Waals surface area contributed by atoms with Gasteiger partial charge in [0.15, 0.2) is 0 Å². The van der Waals surface area contributed by atoms with Crippen molar-refractivity contribution < 1.29 is 8.42 Å². The molecule has 0 spiro atoms. The van der Waals surface area contributed by atoms with Gasteiger partial charge in [0, 0.05) is 25.0 Å². The molecule has 2 N–H and O–H groups in total. The van der Waals surface area contributed by atoms with E-state index >= 15 is 0 Å². The van der Waals surface area contributed by atoms with Crippen LogP contribution in [0.25, 0.3) is 0 Å². The number of aromatic nitrogens is 1. The first-order valence-electron chi connectivity index (χ1n) is 6.67. The second-order valence-electron chi connectivity index (χ2n) is 5.05. The number of rotatable bonds is 5. The number of hydrogen-bond donors (Lipinski definition) is 2. The quantitative estimate of drug-likeness (QED) is 0.844. The summed E-state index contributed by atoms with van der Waals surface area (Å²) in [7, 11) is -3.24. The Hall–Kier alpha value is -0.980. The van der Waals surface area contributed by atoms with Gasteiger partial charge in [-0.15, -0.1) is 0 Å². The summed E-state index contributed by atoms with van der Waals surface area (Å²) in [6.45, 7) is 3.19. The first kappa shape index (κ1) is 14.4. The van der Waals surface area contributed by atoms with Crippen LogP contribution in [0, 0.1) is 6.92 Å². The first-order valence-corrected chi connectivity index (χ1v) is 8.32. The highest BCUT2D eigenvalue weighted by molar-refractivity contribution is 7.89. The van der Waals surface area contributed by atoms with E-state index in [9.17, 15) is 8.42 Å². The Morgan fingerprint density at radius 1 is 1.47 bits per heavy atom. The fourth-order valence-corrected chi connectivity index (χ4v) is 3.57. The molecule has 1 aliphatic rings. The zero-order valence-corrected chi connectivity index (χ0v) is 12.0. The number of nitrogens with zero attached hydrogens (tertiary/aromatic N) is 1. The van der Waals surface area contributed by atoms with Crippen LogP contribution < -0.4 is 10.0 Å². The SMILES string of the molecule is Cc1ccncc1CNS(=O)(=O)CC1CCCCN1. The molecule has 1 aromatic rings. The van der Waals surface area contributed by atoms with Gasteiger partial charge in [0.1, 0.15) is 0 Å². The monoisotopic (exact) mass is 283 g/mol. The molecule has 5 nitrogen and oxygen atoms in total. The highest BCUT2D eigenvalue weighted by atomic mass is 32.2. The van der Waals surface area contributed by atoms with E-state index in [-0.39, 0.29) is 11.8 Å². The Morgan fingerprint density at radius 2 is 2.32 bits per heavy atom. The molecule has 0 amide bonds. The summed E-state index contributed by atoms with van der Waals surface area (Å²) in [5.74, 6) is 0.159. The fraction of sp³-hybridized carbons (Fsp3) is 0.615. The number of pyridine rings is 1. The van der Waals surface area contributed by atoms with Crippen molar-refractivity contribution in [2.45, 2.75) is 38.8 Å². The summed E-state index contributed by atoms with van der Waals surface area (Å²) in [6, 6.07) is 1.97. The van der Waals surface area contributed by atoms with E-state index in [0.29, 0.717) is 6.54 Å². The van der Waals surface area contributed by atoms with Crippen molar-refractivity contribution in [3.8, 4) is 0 Å². The summed E-state index contributed by atoms with van der Waals surface area (Å²) in [4.78, 5) is 4.01. The van der Waals surface area contributed by atoms with Crippen LogP contribution in [0.2, 0.25) is 0 Å². The van der Waals surface area contributed by atoms with E-state index in [4.69, 9.17) is 0 Å². The Bertz CT molecular complexity index is 510. The van der Waals surface area contributed by atoms with Crippen molar-refractivity contribution in [1.82, 2.24) is 15.0 Å². The van der Waals surface area contributed by atoms with Crippen LogP contribution in [-0.2, 0) is 16.6 Å². The Kier molecular flexibility index (Phi) is 4.90. The van der Waals surface area contributed by atoms with Gasteiger partial charge in [-0.2, -0.15) is 0 Å². The van der Waals surface area contributed by atoms with Crippen molar-refractivity contribution in [2.24, 2.45) is 0 Å². The van der Waals surface area contributed by atoms with E-state index in [0.717, 1.165) is 36.9 Å². The lowest BCUT2D eigenvalue weighted by Crippen LogP contribution is -2.42. The molecule has 2 heterocycles. The van der Waals surface area contributed by atoms with Crippen molar-refractivity contribution in [3.63, 3.8) is 0 Å². The Balaban J connectivity index is 1.88. The summed E-state index contributed by atoms with van der Waals surface area (Å²) in [5.41, 5.74) is 1.97. The predicted molar refractivity (Wildman–Crippen MR) is 75.2 cm³/mol. The second-order valence-corrected chi connectivity index (χ2v) is 6.90. The van der Waals surface area contributed by atoms with Gasteiger partial charge in [-0.05, 0) is 43.5 Å². The average molecular weight is 283 g/mol. The molecule has 19 heavy (non-hydrogen) atoms. The molecule has 0 saturated carbocycles. The van der Waals surface area contributed by atoms with Crippen molar-refractivity contribution in [2.75, 3.05) is 12.3 Å². The van der Waals surface area contributed by atoms with Crippen molar-refractivity contribution in [3.05, 3.63) is 29.6 Å². The highest BCUT2D eigenvalue weighted by Gasteiger charge is 2.20. The van der Waals surface area contributed by atoms with E-state index < -0.39 is 10.0 Å². The van der Waals surface area contributed by atoms with Gasteiger partial charge in [0.05, 0.1) is 5.75 Å². The predicted octanol–water partition coefficient (Wildman–Crippen LogP) is 0.952.